The van der Waals surface area contributed by atoms with Gasteiger partial charge in [-0.1, -0.05) is 6.92 Å². The fourth-order valence-electron chi connectivity index (χ4n) is 1.40. The molecule has 1 rings (SSSR count). The summed E-state index contributed by atoms with van der Waals surface area (Å²) in [6, 6.07) is 3.52. The third-order valence-electron chi connectivity index (χ3n) is 2.38. The fraction of sp³-hybridized carbons (Fsp3) is 0.462. The summed E-state index contributed by atoms with van der Waals surface area (Å²) in [6.45, 7) is 4.68. The molecule has 5 nitrogen and oxygen atoms in total. The summed E-state index contributed by atoms with van der Waals surface area (Å²) >= 11 is 0. The van der Waals surface area contributed by atoms with Crippen molar-refractivity contribution in [1.29, 1.82) is 0 Å². The summed E-state index contributed by atoms with van der Waals surface area (Å²) in [5, 5.41) is 5.45. The summed E-state index contributed by atoms with van der Waals surface area (Å²) < 4.78 is 0. The monoisotopic (exact) mass is 249 g/mol. The molecule has 0 saturated heterocycles. The lowest BCUT2D eigenvalue weighted by molar-refractivity contribution is -0.121. The molecule has 0 aromatic carbocycles. The number of carbonyl (C=O) groups is 2. The van der Waals surface area contributed by atoms with E-state index in [1.165, 1.54) is 0 Å². The van der Waals surface area contributed by atoms with Crippen LogP contribution in [-0.4, -0.2) is 29.9 Å². The Morgan fingerprint density at radius 3 is 2.56 bits per heavy atom. The number of amides is 2. The molecule has 0 saturated carbocycles. The number of carbonyl (C=O) groups excluding carboxylic acids is 2. The van der Waals surface area contributed by atoms with Crippen LogP contribution in [0.1, 0.15) is 35.8 Å². The molecular weight excluding hydrogens is 230 g/mol. The molecule has 2 N–H and O–H groups in total. The van der Waals surface area contributed by atoms with Gasteiger partial charge < -0.3 is 10.6 Å². The molecule has 0 radical (unpaired) electrons. The molecule has 5 heteroatoms. The van der Waals surface area contributed by atoms with Gasteiger partial charge in [0.25, 0.3) is 5.91 Å². The van der Waals surface area contributed by atoms with E-state index in [-0.39, 0.29) is 11.8 Å². The Hall–Kier alpha value is -1.91. The normalized spacial score (nSPS) is 9.89. The van der Waals surface area contributed by atoms with E-state index in [4.69, 9.17) is 0 Å². The molecule has 0 aliphatic carbocycles. The first-order valence-corrected chi connectivity index (χ1v) is 6.11. The highest BCUT2D eigenvalue weighted by Crippen LogP contribution is 1.98. The van der Waals surface area contributed by atoms with Crippen molar-refractivity contribution in [3.05, 3.63) is 29.6 Å². The van der Waals surface area contributed by atoms with Gasteiger partial charge in [0.05, 0.1) is 5.56 Å². The summed E-state index contributed by atoms with van der Waals surface area (Å²) in [4.78, 5) is 26.9. The molecule has 0 spiro atoms. The van der Waals surface area contributed by atoms with Crippen molar-refractivity contribution in [2.45, 2.75) is 26.7 Å². The molecule has 0 fully saturated rings. The van der Waals surface area contributed by atoms with E-state index in [2.05, 4.69) is 15.6 Å². The van der Waals surface area contributed by atoms with Crippen LogP contribution in [0.15, 0.2) is 18.3 Å². The molecule has 1 aromatic heterocycles. The van der Waals surface area contributed by atoms with Gasteiger partial charge >= 0.3 is 0 Å². The average Bonchev–Trinajstić information content (AvgIpc) is 2.35. The van der Waals surface area contributed by atoms with Crippen LogP contribution < -0.4 is 10.6 Å². The van der Waals surface area contributed by atoms with E-state index in [1.54, 1.807) is 18.3 Å². The molecule has 2 amide bonds. The molecule has 18 heavy (non-hydrogen) atoms. The standard InChI is InChI=1S/C13H19N3O2/c1-3-4-12(17)14-7-8-15-13(18)11-6-5-10(2)16-9-11/h5-6,9H,3-4,7-8H2,1-2H3,(H,14,17)(H,15,18). The topological polar surface area (TPSA) is 71.1 Å². The number of pyridine rings is 1. The highest BCUT2D eigenvalue weighted by molar-refractivity contribution is 5.93. The second-order valence-corrected chi connectivity index (χ2v) is 4.04. The largest absolute Gasteiger partial charge is 0.354 e. The van der Waals surface area contributed by atoms with Crippen molar-refractivity contribution in [3.63, 3.8) is 0 Å². The number of hydrogen-bond acceptors (Lipinski definition) is 3. The number of nitrogens with one attached hydrogen (secondary N) is 2. The van der Waals surface area contributed by atoms with E-state index in [0.717, 1.165) is 12.1 Å². The minimum atomic E-state index is -0.174. The van der Waals surface area contributed by atoms with Crippen LogP contribution >= 0.6 is 0 Å². The number of nitrogens with zero attached hydrogens (tertiary/aromatic N) is 1. The van der Waals surface area contributed by atoms with Crippen LogP contribution in [0.3, 0.4) is 0 Å². The number of hydrogen-bond donors (Lipinski definition) is 2. The van der Waals surface area contributed by atoms with Crippen LogP contribution in [-0.2, 0) is 4.79 Å². The van der Waals surface area contributed by atoms with Gasteiger partial charge in [-0.2, -0.15) is 0 Å². The van der Waals surface area contributed by atoms with E-state index >= 15 is 0 Å². The SMILES string of the molecule is CCCC(=O)NCCNC(=O)c1ccc(C)nc1. The summed E-state index contributed by atoms with van der Waals surface area (Å²) in [5.74, 6) is -0.156. The van der Waals surface area contributed by atoms with Gasteiger partial charge in [0.1, 0.15) is 0 Å². The van der Waals surface area contributed by atoms with E-state index < -0.39 is 0 Å². The fourth-order valence-corrected chi connectivity index (χ4v) is 1.40. The first-order valence-electron chi connectivity index (χ1n) is 6.11. The highest BCUT2D eigenvalue weighted by Gasteiger charge is 2.04. The maximum absolute atomic E-state index is 11.7. The molecule has 0 aliphatic rings. The summed E-state index contributed by atoms with van der Waals surface area (Å²) in [7, 11) is 0. The Balaban J connectivity index is 2.25. The number of rotatable bonds is 6. The number of aromatic nitrogens is 1. The minimum Gasteiger partial charge on any atom is -0.354 e. The Labute approximate surface area is 107 Å². The molecule has 0 unspecified atom stereocenters. The van der Waals surface area contributed by atoms with Crippen LogP contribution in [0.5, 0.6) is 0 Å². The minimum absolute atomic E-state index is 0.0174. The molecule has 1 aromatic rings. The number of aryl methyl sites for hydroxylation is 1. The first-order chi connectivity index (χ1) is 8.63. The van der Waals surface area contributed by atoms with Crippen molar-refractivity contribution < 1.29 is 9.59 Å². The Kier molecular flexibility index (Phi) is 5.84. The second-order valence-electron chi connectivity index (χ2n) is 4.04. The van der Waals surface area contributed by atoms with Gasteiger partial charge in [-0.05, 0) is 25.5 Å². The van der Waals surface area contributed by atoms with E-state index in [0.29, 0.717) is 25.1 Å². The van der Waals surface area contributed by atoms with Crippen LogP contribution in [0.4, 0.5) is 0 Å². The van der Waals surface area contributed by atoms with Crippen LogP contribution in [0, 0.1) is 6.92 Å². The Morgan fingerprint density at radius 1 is 1.22 bits per heavy atom. The third-order valence-corrected chi connectivity index (χ3v) is 2.38. The molecule has 0 bridgehead atoms. The Morgan fingerprint density at radius 2 is 1.94 bits per heavy atom. The maximum Gasteiger partial charge on any atom is 0.252 e. The Bertz CT molecular complexity index is 401. The van der Waals surface area contributed by atoms with Gasteiger partial charge in [0.2, 0.25) is 5.91 Å². The zero-order valence-electron chi connectivity index (χ0n) is 10.8. The van der Waals surface area contributed by atoms with Crippen molar-refractivity contribution in [1.82, 2.24) is 15.6 Å². The predicted molar refractivity (Wildman–Crippen MR) is 69.2 cm³/mol. The van der Waals surface area contributed by atoms with Gasteiger partial charge in [0.15, 0.2) is 0 Å². The van der Waals surface area contributed by atoms with Gasteiger partial charge in [0, 0.05) is 31.4 Å². The second kappa shape index (κ2) is 7.42. The summed E-state index contributed by atoms with van der Waals surface area (Å²) in [5.41, 5.74) is 1.40. The van der Waals surface area contributed by atoms with E-state index in [9.17, 15) is 9.59 Å². The van der Waals surface area contributed by atoms with Crippen LogP contribution in [0.2, 0.25) is 0 Å². The molecule has 0 atom stereocenters. The van der Waals surface area contributed by atoms with Gasteiger partial charge in [-0.3, -0.25) is 14.6 Å². The maximum atomic E-state index is 11.7. The zero-order chi connectivity index (χ0) is 13.4. The lowest BCUT2D eigenvalue weighted by Gasteiger charge is -2.06. The van der Waals surface area contributed by atoms with Crippen molar-refractivity contribution in [2.75, 3.05) is 13.1 Å². The molecule has 0 aliphatic heterocycles. The molecule has 98 valence electrons. The molecule has 1 heterocycles. The third kappa shape index (κ3) is 4.95. The predicted octanol–water partition coefficient (Wildman–Crippen LogP) is 1.04. The molecular formula is C13H19N3O2. The van der Waals surface area contributed by atoms with Crippen molar-refractivity contribution in [2.24, 2.45) is 0 Å². The van der Waals surface area contributed by atoms with Gasteiger partial charge in [-0.25, -0.2) is 0 Å². The zero-order valence-corrected chi connectivity index (χ0v) is 10.8. The highest BCUT2D eigenvalue weighted by atomic mass is 16.2. The van der Waals surface area contributed by atoms with Crippen LogP contribution in [0.25, 0.3) is 0 Å². The summed E-state index contributed by atoms with van der Waals surface area (Å²) in [6.07, 6.45) is 2.89. The average molecular weight is 249 g/mol. The lowest BCUT2D eigenvalue weighted by Crippen LogP contribution is -2.34. The quantitative estimate of drug-likeness (QED) is 0.740. The first kappa shape index (κ1) is 14.2. The smallest absolute Gasteiger partial charge is 0.252 e. The van der Waals surface area contributed by atoms with Gasteiger partial charge in [-0.15, -0.1) is 0 Å². The lowest BCUT2D eigenvalue weighted by atomic mass is 10.2. The van der Waals surface area contributed by atoms with Crippen molar-refractivity contribution in [3.8, 4) is 0 Å². The van der Waals surface area contributed by atoms with E-state index in [1.807, 2.05) is 13.8 Å². The van der Waals surface area contributed by atoms with Crippen molar-refractivity contribution >= 4 is 11.8 Å².